The number of aryl methyl sites for hydroxylation is 1. The Hall–Kier alpha value is -3.92. The number of carbonyl (C=O) groups is 2. The van der Waals surface area contributed by atoms with Crippen LogP contribution in [0.4, 0.5) is 24.7 Å². The molecule has 0 aliphatic heterocycles. The van der Waals surface area contributed by atoms with Gasteiger partial charge in [-0.25, -0.2) is 4.98 Å². The van der Waals surface area contributed by atoms with E-state index in [1.54, 1.807) is 31.4 Å². The first kappa shape index (κ1) is 27.6. The summed E-state index contributed by atoms with van der Waals surface area (Å²) < 4.78 is 46.6. The summed E-state index contributed by atoms with van der Waals surface area (Å²) in [4.78, 5) is 31.0. The van der Waals surface area contributed by atoms with Crippen LogP contribution in [0.3, 0.4) is 0 Å². The number of alkyl halides is 3. The SMILES string of the molecule is CNCc1cc(N(C)C(=O)C2CCc3ccc(Oc4ccnc(NC(=O)C5CC5)c4)cc3C2)cc(C(F)(F)F)c1. The lowest BCUT2D eigenvalue weighted by Crippen LogP contribution is -2.36. The molecule has 0 bridgehead atoms. The third-order valence-corrected chi connectivity index (χ3v) is 7.33. The fraction of sp³-hybridized carbons (Fsp3) is 0.367. The summed E-state index contributed by atoms with van der Waals surface area (Å²) >= 11 is 0. The Morgan fingerprint density at radius 3 is 2.50 bits per heavy atom. The van der Waals surface area contributed by atoms with Crippen LogP contribution < -0.4 is 20.3 Å². The summed E-state index contributed by atoms with van der Waals surface area (Å²) in [5.41, 5.74) is 1.97. The van der Waals surface area contributed by atoms with Crippen molar-refractivity contribution in [2.75, 3.05) is 24.3 Å². The van der Waals surface area contributed by atoms with E-state index in [9.17, 15) is 22.8 Å². The van der Waals surface area contributed by atoms with E-state index in [-0.39, 0.29) is 35.9 Å². The molecule has 3 aromatic rings. The van der Waals surface area contributed by atoms with Gasteiger partial charge in [0.05, 0.1) is 5.56 Å². The number of benzene rings is 2. The van der Waals surface area contributed by atoms with Gasteiger partial charge >= 0.3 is 6.18 Å². The van der Waals surface area contributed by atoms with Gasteiger partial charge in [0.25, 0.3) is 0 Å². The highest BCUT2D eigenvalue weighted by atomic mass is 19.4. The molecule has 1 unspecified atom stereocenters. The van der Waals surface area contributed by atoms with Crippen molar-refractivity contribution in [3.63, 3.8) is 0 Å². The molecule has 2 aliphatic rings. The minimum Gasteiger partial charge on any atom is -0.457 e. The van der Waals surface area contributed by atoms with E-state index in [1.165, 1.54) is 11.9 Å². The molecule has 2 aliphatic carbocycles. The van der Waals surface area contributed by atoms with Crippen molar-refractivity contribution in [3.05, 3.63) is 77.0 Å². The third-order valence-electron chi connectivity index (χ3n) is 7.33. The minimum atomic E-state index is -4.51. The standard InChI is InChI=1S/C30H31F3N4O3/c1-34-17-18-11-23(30(31,32)33)15-24(12-18)37(2)29(39)21-6-3-19-7-8-25(14-22(19)13-21)40-26-9-10-35-27(16-26)36-28(38)20-4-5-20/h7-12,14-16,20-21,34H,3-6,13,17H2,1-2H3,(H,35,36,38). The number of amides is 2. The first-order valence-corrected chi connectivity index (χ1v) is 13.3. The smallest absolute Gasteiger partial charge is 0.416 e. The van der Waals surface area contributed by atoms with Crippen LogP contribution in [-0.2, 0) is 35.2 Å². The molecule has 10 heteroatoms. The van der Waals surface area contributed by atoms with Crippen LogP contribution >= 0.6 is 0 Å². The Balaban J connectivity index is 1.29. The molecule has 0 spiro atoms. The average Bonchev–Trinajstić information content (AvgIpc) is 3.77. The van der Waals surface area contributed by atoms with Crippen LogP contribution in [0, 0.1) is 11.8 Å². The summed E-state index contributed by atoms with van der Waals surface area (Å²) in [5, 5.41) is 5.67. The van der Waals surface area contributed by atoms with Gasteiger partial charge in [0.1, 0.15) is 17.3 Å². The molecule has 1 heterocycles. The van der Waals surface area contributed by atoms with Crippen LogP contribution in [0.15, 0.2) is 54.7 Å². The highest BCUT2D eigenvalue weighted by molar-refractivity contribution is 5.95. The lowest BCUT2D eigenvalue weighted by Gasteiger charge is -2.29. The van der Waals surface area contributed by atoms with Crippen LogP contribution in [0.5, 0.6) is 11.5 Å². The first-order chi connectivity index (χ1) is 19.1. The van der Waals surface area contributed by atoms with Crippen LogP contribution in [0.1, 0.15) is 41.5 Å². The molecule has 2 aromatic carbocycles. The highest BCUT2D eigenvalue weighted by Gasteiger charge is 2.33. The molecule has 0 saturated heterocycles. The lowest BCUT2D eigenvalue weighted by atomic mass is 9.83. The van der Waals surface area contributed by atoms with Crippen molar-refractivity contribution >= 4 is 23.3 Å². The van der Waals surface area contributed by atoms with E-state index in [2.05, 4.69) is 15.6 Å². The lowest BCUT2D eigenvalue weighted by molar-refractivity contribution is -0.137. The number of nitrogens with zero attached hydrogens (tertiary/aromatic N) is 2. The highest BCUT2D eigenvalue weighted by Crippen LogP contribution is 2.36. The van der Waals surface area contributed by atoms with Crippen LogP contribution in [0.25, 0.3) is 0 Å². The van der Waals surface area contributed by atoms with Gasteiger partial charge in [-0.05, 0) is 92.2 Å². The number of carbonyl (C=O) groups excluding carboxylic acids is 2. The van der Waals surface area contributed by atoms with Crippen LogP contribution in [-0.4, -0.2) is 30.9 Å². The number of nitrogens with one attached hydrogen (secondary N) is 2. The van der Waals surface area contributed by atoms with E-state index in [1.807, 2.05) is 18.2 Å². The van der Waals surface area contributed by atoms with E-state index < -0.39 is 11.7 Å². The van der Waals surface area contributed by atoms with E-state index in [4.69, 9.17) is 4.74 Å². The summed E-state index contributed by atoms with van der Waals surface area (Å²) in [6.45, 7) is 0.254. The van der Waals surface area contributed by atoms with E-state index >= 15 is 0 Å². The zero-order valence-corrected chi connectivity index (χ0v) is 22.3. The number of anilines is 2. The second-order valence-corrected chi connectivity index (χ2v) is 10.4. The van der Waals surface area contributed by atoms with E-state index in [0.29, 0.717) is 42.1 Å². The Labute approximate surface area is 230 Å². The monoisotopic (exact) mass is 552 g/mol. The molecule has 0 radical (unpaired) electrons. The van der Waals surface area contributed by atoms with Gasteiger partial charge in [0.2, 0.25) is 11.8 Å². The average molecular weight is 553 g/mol. The first-order valence-electron chi connectivity index (χ1n) is 13.3. The predicted octanol–water partition coefficient (Wildman–Crippen LogP) is 5.73. The van der Waals surface area contributed by atoms with Crippen molar-refractivity contribution in [1.82, 2.24) is 10.3 Å². The van der Waals surface area contributed by atoms with Crippen molar-refractivity contribution < 1.29 is 27.5 Å². The fourth-order valence-electron chi connectivity index (χ4n) is 5.00. The topological polar surface area (TPSA) is 83.6 Å². The molecule has 2 N–H and O–H groups in total. The number of ether oxygens (including phenoxy) is 1. The van der Waals surface area contributed by atoms with Gasteiger partial charge in [-0.3, -0.25) is 9.59 Å². The maximum Gasteiger partial charge on any atom is 0.416 e. The molecule has 1 saturated carbocycles. The second kappa shape index (κ2) is 11.3. The molecule has 5 rings (SSSR count). The van der Waals surface area contributed by atoms with E-state index in [0.717, 1.165) is 36.1 Å². The zero-order valence-electron chi connectivity index (χ0n) is 22.3. The molecule has 40 heavy (non-hydrogen) atoms. The number of fused-ring (bicyclic) bond motifs is 1. The summed E-state index contributed by atoms with van der Waals surface area (Å²) in [6, 6.07) is 12.8. The Kier molecular flexibility index (Phi) is 7.80. The number of halogens is 3. The minimum absolute atomic E-state index is 0.0394. The number of hydrogen-bond acceptors (Lipinski definition) is 5. The molecular weight excluding hydrogens is 521 g/mol. The molecule has 1 aromatic heterocycles. The number of aromatic nitrogens is 1. The molecule has 210 valence electrons. The van der Waals surface area contributed by atoms with Gasteiger partial charge < -0.3 is 20.3 Å². The summed E-state index contributed by atoms with van der Waals surface area (Å²) in [5.74, 6) is 0.949. The van der Waals surface area contributed by atoms with Crippen molar-refractivity contribution in [2.45, 2.75) is 44.8 Å². The van der Waals surface area contributed by atoms with Gasteiger partial charge in [-0.2, -0.15) is 13.2 Å². The third kappa shape index (κ3) is 6.44. The molecule has 2 amide bonds. The number of pyridine rings is 1. The summed E-state index contributed by atoms with van der Waals surface area (Å²) in [6.07, 6.45) is 0.587. The number of hydrogen-bond donors (Lipinski definition) is 2. The van der Waals surface area contributed by atoms with Gasteiger partial charge in [0, 0.05) is 43.4 Å². The predicted molar refractivity (Wildman–Crippen MR) is 145 cm³/mol. The van der Waals surface area contributed by atoms with Crippen molar-refractivity contribution in [3.8, 4) is 11.5 Å². The van der Waals surface area contributed by atoms with Crippen molar-refractivity contribution in [2.24, 2.45) is 11.8 Å². The van der Waals surface area contributed by atoms with Crippen LogP contribution in [0.2, 0.25) is 0 Å². The Bertz CT molecular complexity index is 1420. The number of rotatable bonds is 8. The summed E-state index contributed by atoms with van der Waals surface area (Å²) in [7, 11) is 3.19. The Morgan fingerprint density at radius 2 is 1.77 bits per heavy atom. The maximum absolute atomic E-state index is 13.5. The molecule has 1 fully saturated rings. The largest absolute Gasteiger partial charge is 0.457 e. The van der Waals surface area contributed by atoms with Gasteiger partial charge in [-0.1, -0.05) is 6.07 Å². The quantitative estimate of drug-likeness (QED) is 0.373. The molecular formula is C30H31F3N4O3. The fourth-order valence-corrected chi connectivity index (χ4v) is 5.00. The normalized spacial score (nSPS) is 16.7. The molecule has 7 nitrogen and oxygen atoms in total. The second-order valence-electron chi connectivity index (χ2n) is 10.4. The van der Waals surface area contributed by atoms with Gasteiger partial charge in [0.15, 0.2) is 0 Å². The maximum atomic E-state index is 13.5. The van der Waals surface area contributed by atoms with Gasteiger partial charge in [-0.15, -0.1) is 0 Å². The molecule has 1 atom stereocenters. The van der Waals surface area contributed by atoms with Crippen molar-refractivity contribution in [1.29, 1.82) is 0 Å². The Morgan fingerprint density at radius 1 is 1.00 bits per heavy atom. The zero-order chi connectivity index (χ0) is 28.4.